The van der Waals surface area contributed by atoms with E-state index in [9.17, 15) is 9.50 Å². The molecule has 6 heteroatoms. The van der Waals surface area contributed by atoms with Crippen LogP contribution in [0.25, 0.3) is 22.6 Å². The monoisotopic (exact) mass is 553 g/mol. The largest absolute Gasteiger partial charge is 0.508 e. The fourth-order valence-electron chi connectivity index (χ4n) is 4.98. The third-order valence-electron chi connectivity index (χ3n) is 7.01. The highest BCUT2D eigenvalue weighted by Crippen LogP contribution is 2.32. The Bertz CT molecular complexity index is 1540. The highest BCUT2D eigenvalue weighted by molar-refractivity contribution is 6.31. The number of hydrogen-bond acceptors (Lipinski definition) is 3. The smallest absolute Gasteiger partial charge is 0.140 e. The van der Waals surface area contributed by atoms with E-state index < -0.39 is 0 Å². The highest BCUT2D eigenvalue weighted by atomic mass is 35.5. The summed E-state index contributed by atoms with van der Waals surface area (Å²) >= 11 is 6.57. The van der Waals surface area contributed by atoms with E-state index in [1.165, 1.54) is 17.7 Å². The molecule has 4 aromatic carbocycles. The Morgan fingerprint density at radius 1 is 0.825 bits per heavy atom. The Morgan fingerprint density at radius 2 is 1.52 bits per heavy atom. The van der Waals surface area contributed by atoms with Gasteiger partial charge in [0.2, 0.25) is 0 Å². The number of hydrogen-bond donors (Lipinski definition) is 1. The molecule has 204 valence electrons. The maximum Gasteiger partial charge on any atom is 0.140 e. The van der Waals surface area contributed by atoms with Gasteiger partial charge in [-0.05, 0) is 53.9 Å². The van der Waals surface area contributed by atoms with Crippen LogP contribution >= 0.6 is 11.6 Å². The number of unbranched alkanes of at least 4 members (excludes halogenated alkanes) is 1. The van der Waals surface area contributed by atoms with Crippen LogP contribution in [-0.4, -0.2) is 19.6 Å². The molecule has 0 aliphatic rings. The summed E-state index contributed by atoms with van der Waals surface area (Å²) in [4.78, 5) is 7.53. The molecule has 0 bridgehead atoms. The number of nitrogens with zero attached hydrogens (tertiary/aromatic N) is 3. The molecule has 0 amide bonds. The fourth-order valence-corrected chi connectivity index (χ4v) is 5.21. The number of benzene rings is 4. The van der Waals surface area contributed by atoms with Gasteiger partial charge in [-0.3, -0.25) is 4.90 Å². The van der Waals surface area contributed by atoms with Crippen molar-refractivity contribution in [1.29, 1.82) is 0 Å². The molecule has 1 aromatic heterocycles. The van der Waals surface area contributed by atoms with Crippen molar-refractivity contribution >= 4 is 11.6 Å². The summed E-state index contributed by atoms with van der Waals surface area (Å²) in [6.07, 6.45) is 2.06. The van der Waals surface area contributed by atoms with Crippen molar-refractivity contribution in [1.82, 2.24) is 14.5 Å². The Balaban J connectivity index is 1.63. The van der Waals surface area contributed by atoms with Gasteiger partial charge >= 0.3 is 0 Å². The van der Waals surface area contributed by atoms with E-state index >= 15 is 0 Å². The Hall–Kier alpha value is -3.93. The third-order valence-corrected chi connectivity index (χ3v) is 7.36. The Labute approximate surface area is 240 Å². The standard InChI is InChI=1S/C34H33ClFN3O/c1-2-3-20-39-32(33(26-14-17-29(36)18-15-26)37-34(39)27-12-8-5-9-13-27)24-38(22-25-10-6-4-7-11-25)23-28-16-19-30(40)21-31(28)35/h4-19,21,40H,2-3,20,22-24H2,1H3. The predicted molar refractivity (Wildman–Crippen MR) is 160 cm³/mol. The third kappa shape index (κ3) is 6.61. The zero-order valence-corrected chi connectivity index (χ0v) is 23.4. The first-order chi connectivity index (χ1) is 19.5. The molecule has 0 aliphatic heterocycles. The lowest BCUT2D eigenvalue weighted by atomic mass is 10.1. The lowest BCUT2D eigenvalue weighted by Crippen LogP contribution is -2.24. The van der Waals surface area contributed by atoms with E-state index in [1.807, 2.05) is 42.5 Å². The summed E-state index contributed by atoms with van der Waals surface area (Å²) in [6, 6.07) is 32.3. The summed E-state index contributed by atoms with van der Waals surface area (Å²) in [6.45, 7) is 4.89. The number of aromatic hydroxyl groups is 1. The molecule has 40 heavy (non-hydrogen) atoms. The highest BCUT2D eigenvalue weighted by Gasteiger charge is 2.22. The number of phenolic OH excluding ortho intramolecular Hbond substituents is 1. The topological polar surface area (TPSA) is 41.3 Å². The van der Waals surface area contributed by atoms with Crippen molar-refractivity contribution in [3.63, 3.8) is 0 Å². The van der Waals surface area contributed by atoms with Gasteiger partial charge < -0.3 is 9.67 Å². The van der Waals surface area contributed by atoms with E-state index in [0.717, 1.165) is 53.3 Å². The first-order valence-corrected chi connectivity index (χ1v) is 14.0. The first-order valence-electron chi connectivity index (χ1n) is 13.7. The normalized spacial score (nSPS) is 11.3. The second kappa shape index (κ2) is 12.9. The molecule has 1 N–H and O–H groups in total. The molecule has 1 heterocycles. The van der Waals surface area contributed by atoms with Gasteiger partial charge in [0.05, 0.1) is 11.4 Å². The average molecular weight is 554 g/mol. The predicted octanol–water partition coefficient (Wildman–Crippen LogP) is 8.72. The molecule has 5 rings (SSSR count). The van der Waals surface area contributed by atoms with Gasteiger partial charge in [-0.25, -0.2) is 9.37 Å². The quantitative estimate of drug-likeness (QED) is 0.178. The van der Waals surface area contributed by atoms with Crippen molar-refractivity contribution < 1.29 is 9.50 Å². The minimum atomic E-state index is -0.272. The Kier molecular flexibility index (Phi) is 8.94. The van der Waals surface area contributed by atoms with Crippen LogP contribution in [0.1, 0.15) is 36.6 Å². The van der Waals surface area contributed by atoms with Gasteiger partial charge in [0.15, 0.2) is 0 Å². The van der Waals surface area contributed by atoms with E-state index in [2.05, 4.69) is 40.7 Å². The van der Waals surface area contributed by atoms with Gasteiger partial charge in [0.1, 0.15) is 17.4 Å². The number of aromatic nitrogens is 2. The van der Waals surface area contributed by atoms with Crippen molar-refractivity contribution in [3.8, 4) is 28.4 Å². The number of halogens is 2. The second-order valence-electron chi connectivity index (χ2n) is 10.0. The molecule has 0 aliphatic carbocycles. The first kappa shape index (κ1) is 27.6. The van der Waals surface area contributed by atoms with Gasteiger partial charge in [-0.2, -0.15) is 0 Å². The van der Waals surface area contributed by atoms with Crippen molar-refractivity contribution in [2.24, 2.45) is 0 Å². The minimum Gasteiger partial charge on any atom is -0.508 e. The maximum atomic E-state index is 13.9. The summed E-state index contributed by atoms with van der Waals surface area (Å²) in [7, 11) is 0. The Morgan fingerprint density at radius 3 is 2.20 bits per heavy atom. The van der Waals surface area contributed by atoms with E-state index in [0.29, 0.717) is 24.7 Å². The van der Waals surface area contributed by atoms with Crippen LogP contribution in [0.5, 0.6) is 5.75 Å². The fraction of sp³-hybridized carbons (Fsp3) is 0.206. The van der Waals surface area contributed by atoms with Gasteiger partial charge in [-0.15, -0.1) is 0 Å². The van der Waals surface area contributed by atoms with Crippen molar-refractivity contribution in [3.05, 3.63) is 131 Å². The molecule has 0 atom stereocenters. The van der Waals surface area contributed by atoms with Crippen LogP contribution in [0.4, 0.5) is 4.39 Å². The molecular weight excluding hydrogens is 521 g/mol. The van der Waals surface area contributed by atoms with Crippen molar-refractivity contribution in [2.75, 3.05) is 0 Å². The molecule has 5 aromatic rings. The second-order valence-corrected chi connectivity index (χ2v) is 10.4. The molecule has 4 nitrogen and oxygen atoms in total. The molecular formula is C34H33ClFN3O. The molecule has 0 radical (unpaired) electrons. The summed E-state index contributed by atoms with van der Waals surface area (Å²) < 4.78 is 16.2. The van der Waals surface area contributed by atoms with E-state index in [1.54, 1.807) is 24.3 Å². The summed E-state index contributed by atoms with van der Waals surface area (Å²) in [5, 5.41) is 10.4. The van der Waals surface area contributed by atoms with E-state index in [-0.39, 0.29) is 11.6 Å². The molecule has 0 unspecified atom stereocenters. The van der Waals surface area contributed by atoms with Crippen LogP contribution in [0, 0.1) is 5.82 Å². The molecule has 0 fully saturated rings. The average Bonchev–Trinajstić information content (AvgIpc) is 3.32. The molecule has 0 spiro atoms. The van der Waals surface area contributed by atoms with E-state index in [4.69, 9.17) is 16.6 Å². The van der Waals surface area contributed by atoms with Crippen LogP contribution in [0.15, 0.2) is 103 Å². The number of imidazole rings is 1. The van der Waals surface area contributed by atoms with Crippen LogP contribution in [0.3, 0.4) is 0 Å². The SMILES string of the molecule is CCCCn1c(-c2ccccc2)nc(-c2ccc(F)cc2)c1CN(Cc1ccccc1)Cc1ccc(O)cc1Cl. The lowest BCUT2D eigenvalue weighted by Gasteiger charge is -2.25. The van der Waals surface area contributed by atoms with Gasteiger partial charge in [0, 0.05) is 42.3 Å². The van der Waals surface area contributed by atoms with Gasteiger partial charge in [0.25, 0.3) is 0 Å². The lowest BCUT2D eigenvalue weighted by molar-refractivity contribution is 0.241. The van der Waals surface area contributed by atoms with Gasteiger partial charge in [-0.1, -0.05) is 91.7 Å². The van der Waals surface area contributed by atoms with Crippen LogP contribution < -0.4 is 0 Å². The molecule has 0 saturated carbocycles. The van der Waals surface area contributed by atoms with Crippen molar-refractivity contribution in [2.45, 2.75) is 45.9 Å². The summed E-state index contributed by atoms with van der Waals surface area (Å²) in [5.41, 5.74) is 5.97. The zero-order valence-electron chi connectivity index (χ0n) is 22.6. The minimum absolute atomic E-state index is 0.145. The number of rotatable bonds is 11. The summed E-state index contributed by atoms with van der Waals surface area (Å²) in [5.74, 6) is 0.782. The zero-order chi connectivity index (χ0) is 27.9. The van der Waals surface area contributed by atoms with Crippen LogP contribution in [0.2, 0.25) is 5.02 Å². The van der Waals surface area contributed by atoms with Crippen LogP contribution in [-0.2, 0) is 26.2 Å². The molecule has 0 saturated heterocycles. The number of phenols is 1. The maximum absolute atomic E-state index is 13.9.